The molecule has 0 fully saturated rings. The van der Waals surface area contributed by atoms with E-state index in [-0.39, 0.29) is 5.69 Å². The van der Waals surface area contributed by atoms with Gasteiger partial charge in [0.1, 0.15) is 10.0 Å². The normalized spacial score (nSPS) is 10.5. The molecule has 0 atom stereocenters. The number of nitrogens with zero attached hydrogens (tertiary/aromatic N) is 3. The van der Waals surface area contributed by atoms with Crippen LogP contribution in [0.1, 0.15) is 24.8 Å². The lowest BCUT2D eigenvalue weighted by Crippen LogP contribution is -1.86. The number of aromatic nitrogens is 2. The average Bonchev–Trinajstić information content (AvgIpc) is 2.85. The summed E-state index contributed by atoms with van der Waals surface area (Å²) < 4.78 is 0. The molecule has 18 heavy (non-hydrogen) atoms. The van der Waals surface area contributed by atoms with Crippen molar-refractivity contribution in [1.82, 2.24) is 10.2 Å². The van der Waals surface area contributed by atoms with Gasteiger partial charge in [-0.1, -0.05) is 24.7 Å². The second kappa shape index (κ2) is 5.68. The van der Waals surface area contributed by atoms with Gasteiger partial charge < -0.3 is 0 Å². The van der Waals surface area contributed by atoms with E-state index in [1.807, 2.05) is 0 Å². The number of hydrogen-bond acceptors (Lipinski definition) is 5. The first-order valence-electron chi connectivity index (χ1n) is 5.78. The molecule has 0 unspecified atom stereocenters. The summed E-state index contributed by atoms with van der Waals surface area (Å²) in [7, 11) is 0. The first-order chi connectivity index (χ1) is 8.70. The van der Waals surface area contributed by atoms with Crippen molar-refractivity contribution in [2.45, 2.75) is 26.2 Å². The average molecular weight is 263 g/mol. The summed E-state index contributed by atoms with van der Waals surface area (Å²) in [6, 6.07) is 6.40. The summed E-state index contributed by atoms with van der Waals surface area (Å²) in [4.78, 5) is 10.1. The molecule has 2 aromatic rings. The fourth-order valence-electron chi connectivity index (χ4n) is 1.53. The standard InChI is InChI=1S/C12H13N3O2S/c1-2-3-4-11-13-14-12(18-11)9-5-7-10(8-6-9)15(16)17/h5-8H,2-4H2,1H3. The predicted octanol–water partition coefficient (Wildman–Crippen LogP) is 3.46. The van der Waals surface area contributed by atoms with Crippen LogP contribution in [0.2, 0.25) is 0 Å². The van der Waals surface area contributed by atoms with Gasteiger partial charge in [0.05, 0.1) is 4.92 Å². The van der Waals surface area contributed by atoms with Gasteiger partial charge in [0.15, 0.2) is 0 Å². The molecule has 0 N–H and O–H groups in total. The number of benzene rings is 1. The van der Waals surface area contributed by atoms with E-state index in [4.69, 9.17) is 0 Å². The molecular weight excluding hydrogens is 250 g/mol. The van der Waals surface area contributed by atoms with Gasteiger partial charge in [0.2, 0.25) is 0 Å². The van der Waals surface area contributed by atoms with Crippen LogP contribution in [0.15, 0.2) is 24.3 Å². The maximum absolute atomic E-state index is 10.6. The van der Waals surface area contributed by atoms with Crippen LogP contribution in [0.3, 0.4) is 0 Å². The van der Waals surface area contributed by atoms with E-state index in [2.05, 4.69) is 17.1 Å². The van der Waals surface area contributed by atoms with Crippen molar-refractivity contribution < 1.29 is 4.92 Å². The molecule has 5 nitrogen and oxygen atoms in total. The molecule has 2 rings (SSSR count). The molecule has 1 aromatic carbocycles. The molecule has 94 valence electrons. The molecule has 6 heteroatoms. The van der Waals surface area contributed by atoms with Crippen LogP contribution >= 0.6 is 11.3 Å². The van der Waals surface area contributed by atoms with E-state index >= 15 is 0 Å². The van der Waals surface area contributed by atoms with E-state index in [1.165, 1.54) is 12.1 Å². The molecule has 0 amide bonds. The van der Waals surface area contributed by atoms with Crippen LogP contribution in [-0.2, 0) is 6.42 Å². The zero-order chi connectivity index (χ0) is 13.0. The van der Waals surface area contributed by atoms with Crippen LogP contribution in [0.25, 0.3) is 10.6 Å². The summed E-state index contributed by atoms with van der Waals surface area (Å²) in [6.07, 6.45) is 3.18. The third kappa shape index (κ3) is 2.89. The highest BCUT2D eigenvalue weighted by Gasteiger charge is 2.09. The maximum Gasteiger partial charge on any atom is 0.269 e. The van der Waals surface area contributed by atoms with Crippen LogP contribution in [0.4, 0.5) is 5.69 Å². The van der Waals surface area contributed by atoms with Crippen molar-refractivity contribution in [2.75, 3.05) is 0 Å². The minimum absolute atomic E-state index is 0.0921. The number of non-ortho nitro benzene ring substituents is 1. The van der Waals surface area contributed by atoms with Crippen LogP contribution in [-0.4, -0.2) is 15.1 Å². The molecule has 0 spiro atoms. The second-order valence-electron chi connectivity index (χ2n) is 3.91. The van der Waals surface area contributed by atoms with Crippen molar-refractivity contribution in [1.29, 1.82) is 0 Å². The number of nitro groups is 1. The Morgan fingerprint density at radius 1 is 1.28 bits per heavy atom. The zero-order valence-corrected chi connectivity index (χ0v) is 10.8. The lowest BCUT2D eigenvalue weighted by atomic mass is 10.2. The third-order valence-electron chi connectivity index (χ3n) is 2.54. The number of aryl methyl sites for hydroxylation is 1. The Labute approximate surface area is 109 Å². The highest BCUT2D eigenvalue weighted by Crippen LogP contribution is 2.26. The molecule has 0 bridgehead atoms. The number of hydrogen-bond donors (Lipinski definition) is 0. The quantitative estimate of drug-likeness (QED) is 0.612. The van der Waals surface area contributed by atoms with Crippen molar-refractivity contribution in [3.8, 4) is 10.6 Å². The maximum atomic E-state index is 10.6. The van der Waals surface area contributed by atoms with Gasteiger partial charge in [-0.05, 0) is 18.6 Å². The van der Waals surface area contributed by atoms with Gasteiger partial charge in [-0.25, -0.2) is 0 Å². The molecule has 0 saturated heterocycles. The van der Waals surface area contributed by atoms with Gasteiger partial charge in [0, 0.05) is 24.1 Å². The molecule has 1 aromatic heterocycles. The van der Waals surface area contributed by atoms with Gasteiger partial charge in [0.25, 0.3) is 5.69 Å². The molecule has 1 heterocycles. The molecule has 0 aliphatic carbocycles. The van der Waals surface area contributed by atoms with Crippen LogP contribution < -0.4 is 0 Å². The van der Waals surface area contributed by atoms with Crippen molar-refractivity contribution in [2.24, 2.45) is 0 Å². The smallest absolute Gasteiger partial charge is 0.258 e. The van der Waals surface area contributed by atoms with Crippen molar-refractivity contribution in [3.63, 3.8) is 0 Å². The summed E-state index contributed by atoms with van der Waals surface area (Å²) in [5.41, 5.74) is 0.968. The first kappa shape index (κ1) is 12.6. The minimum atomic E-state index is -0.406. The van der Waals surface area contributed by atoms with E-state index in [1.54, 1.807) is 23.5 Å². The molecule has 0 aliphatic heterocycles. The van der Waals surface area contributed by atoms with E-state index in [0.717, 1.165) is 34.8 Å². The summed E-state index contributed by atoms with van der Waals surface area (Å²) >= 11 is 1.55. The molecular formula is C12H13N3O2S. The number of rotatable bonds is 5. The SMILES string of the molecule is CCCCc1nnc(-c2ccc([N+](=O)[O-])cc2)s1. The minimum Gasteiger partial charge on any atom is -0.258 e. The van der Waals surface area contributed by atoms with Gasteiger partial charge in [-0.3, -0.25) is 10.1 Å². The summed E-state index contributed by atoms with van der Waals surface area (Å²) in [5, 5.41) is 20.6. The Bertz CT molecular complexity index is 537. The topological polar surface area (TPSA) is 68.9 Å². The zero-order valence-electron chi connectivity index (χ0n) is 10.00. The number of unbranched alkanes of at least 4 members (excludes halogenated alkanes) is 1. The monoisotopic (exact) mass is 263 g/mol. The molecule has 0 saturated carbocycles. The van der Waals surface area contributed by atoms with Gasteiger partial charge >= 0.3 is 0 Å². The fourth-order valence-corrected chi connectivity index (χ4v) is 2.41. The summed E-state index contributed by atoms with van der Waals surface area (Å²) in [5.74, 6) is 0. The molecule has 0 radical (unpaired) electrons. The van der Waals surface area contributed by atoms with Crippen LogP contribution in [0.5, 0.6) is 0 Å². The van der Waals surface area contributed by atoms with E-state index in [9.17, 15) is 10.1 Å². The highest BCUT2D eigenvalue weighted by atomic mass is 32.1. The predicted molar refractivity (Wildman–Crippen MR) is 70.6 cm³/mol. The third-order valence-corrected chi connectivity index (χ3v) is 3.57. The molecule has 0 aliphatic rings. The Balaban J connectivity index is 2.15. The van der Waals surface area contributed by atoms with E-state index in [0.29, 0.717) is 0 Å². The Hall–Kier alpha value is -1.82. The Kier molecular flexibility index (Phi) is 3.99. The van der Waals surface area contributed by atoms with Gasteiger partial charge in [-0.2, -0.15) is 0 Å². The lowest BCUT2D eigenvalue weighted by Gasteiger charge is -1.94. The Morgan fingerprint density at radius 3 is 2.61 bits per heavy atom. The second-order valence-corrected chi connectivity index (χ2v) is 4.97. The van der Waals surface area contributed by atoms with Gasteiger partial charge in [-0.15, -0.1) is 10.2 Å². The van der Waals surface area contributed by atoms with Crippen LogP contribution in [0, 0.1) is 10.1 Å². The first-order valence-corrected chi connectivity index (χ1v) is 6.59. The van der Waals surface area contributed by atoms with Crippen molar-refractivity contribution >= 4 is 17.0 Å². The fraction of sp³-hybridized carbons (Fsp3) is 0.333. The largest absolute Gasteiger partial charge is 0.269 e. The lowest BCUT2D eigenvalue weighted by molar-refractivity contribution is -0.384. The highest BCUT2D eigenvalue weighted by molar-refractivity contribution is 7.14. The number of nitro benzene ring substituents is 1. The van der Waals surface area contributed by atoms with Crippen molar-refractivity contribution in [3.05, 3.63) is 39.4 Å². The Morgan fingerprint density at radius 2 is 2.00 bits per heavy atom. The summed E-state index contributed by atoms with van der Waals surface area (Å²) in [6.45, 7) is 2.14. The van der Waals surface area contributed by atoms with E-state index < -0.39 is 4.92 Å².